The first-order valence-corrected chi connectivity index (χ1v) is 7.93. The second kappa shape index (κ2) is 5.30. The summed E-state index contributed by atoms with van der Waals surface area (Å²) >= 11 is 1.63. The van der Waals surface area contributed by atoms with Crippen molar-refractivity contribution in [3.05, 3.63) is 58.6 Å². The summed E-state index contributed by atoms with van der Waals surface area (Å²) in [6.45, 7) is 1.60. The molecule has 112 valence electrons. The van der Waals surface area contributed by atoms with Crippen molar-refractivity contribution in [1.82, 2.24) is 15.1 Å². The Labute approximate surface area is 130 Å². The third-order valence-electron chi connectivity index (χ3n) is 3.83. The molecule has 0 saturated carbocycles. The Morgan fingerprint density at radius 1 is 1.18 bits per heavy atom. The third-order valence-corrected chi connectivity index (χ3v) is 4.71. The number of rotatable bonds is 2. The summed E-state index contributed by atoms with van der Waals surface area (Å²) in [6, 6.07) is 7.91. The Kier molecular flexibility index (Phi) is 3.28. The minimum atomic E-state index is -0.853. The van der Waals surface area contributed by atoms with Crippen LogP contribution >= 0.6 is 11.3 Å². The van der Waals surface area contributed by atoms with Gasteiger partial charge in [-0.2, -0.15) is 5.10 Å². The second-order valence-electron chi connectivity index (χ2n) is 5.19. The smallest absolute Gasteiger partial charge is 0.160 e. The molecule has 0 saturated heterocycles. The molecule has 4 rings (SSSR count). The van der Waals surface area contributed by atoms with Gasteiger partial charge in [0.15, 0.2) is 11.6 Å². The molecule has 3 aromatic rings. The van der Waals surface area contributed by atoms with Crippen LogP contribution in [0.2, 0.25) is 0 Å². The van der Waals surface area contributed by atoms with Gasteiger partial charge in [0, 0.05) is 31.1 Å². The molecule has 3 heterocycles. The number of nitrogens with zero attached hydrogens (tertiary/aromatic N) is 2. The number of hydrogen-bond acceptors (Lipinski definition) is 3. The van der Waals surface area contributed by atoms with E-state index in [1.165, 1.54) is 6.07 Å². The van der Waals surface area contributed by atoms with Gasteiger partial charge in [0.25, 0.3) is 0 Å². The van der Waals surface area contributed by atoms with E-state index in [1.807, 2.05) is 17.5 Å². The Morgan fingerprint density at radius 3 is 2.86 bits per heavy atom. The highest BCUT2D eigenvalue weighted by atomic mass is 32.1. The molecule has 0 unspecified atom stereocenters. The van der Waals surface area contributed by atoms with E-state index in [2.05, 4.69) is 10.4 Å². The Balaban J connectivity index is 1.91. The van der Waals surface area contributed by atoms with Crippen LogP contribution in [-0.4, -0.2) is 16.3 Å². The maximum absolute atomic E-state index is 13.6. The molecule has 0 bridgehead atoms. The van der Waals surface area contributed by atoms with Gasteiger partial charge in [-0.05, 0) is 23.6 Å². The van der Waals surface area contributed by atoms with Crippen molar-refractivity contribution >= 4 is 11.3 Å². The fourth-order valence-electron chi connectivity index (χ4n) is 2.79. The number of halogens is 2. The van der Waals surface area contributed by atoms with Gasteiger partial charge in [-0.3, -0.25) is 0 Å². The zero-order chi connectivity index (χ0) is 15.1. The zero-order valence-electron chi connectivity index (χ0n) is 11.6. The summed E-state index contributed by atoms with van der Waals surface area (Å²) in [5.74, 6) is -1.70. The lowest BCUT2D eigenvalue weighted by Crippen LogP contribution is -2.24. The van der Waals surface area contributed by atoms with Crippen LogP contribution in [0.4, 0.5) is 8.78 Å². The van der Waals surface area contributed by atoms with Crippen molar-refractivity contribution in [2.75, 3.05) is 6.54 Å². The topological polar surface area (TPSA) is 29.9 Å². The predicted molar refractivity (Wildman–Crippen MR) is 82.2 cm³/mol. The highest BCUT2D eigenvalue weighted by molar-refractivity contribution is 7.13. The average Bonchev–Trinajstić information content (AvgIpc) is 3.17. The van der Waals surface area contributed by atoms with Crippen LogP contribution in [0.15, 0.2) is 35.7 Å². The van der Waals surface area contributed by atoms with E-state index < -0.39 is 11.6 Å². The lowest BCUT2D eigenvalue weighted by molar-refractivity contribution is 0.507. The van der Waals surface area contributed by atoms with Crippen LogP contribution in [0.25, 0.3) is 16.3 Å². The largest absolute Gasteiger partial charge is 0.312 e. The van der Waals surface area contributed by atoms with E-state index in [1.54, 1.807) is 22.1 Å². The SMILES string of the molecule is Fc1ccc(-n2nc(-c3cccs3)c3c2CCNC3)cc1F. The molecule has 0 aliphatic carbocycles. The van der Waals surface area contributed by atoms with E-state index in [9.17, 15) is 8.78 Å². The highest BCUT2D eigenvalue weighted by Crippen LogP contribution is 2.32. The maximum atomic E-state index is 13.6. The van der Waals surface area contributed by atoms with Crippen molar-refractivity contribution in [2.45, 2.75) is 13.0 Å². The molecule has 6 heteroatoms. The summed E-state index contributed by atoms with van der Waals surface area (Å²) in [5, 5.41) is 10.0. The van der Waals surface area contributed by atoms with Gasteiger partial charge in [-0.25, -0.2) is 13.5 Å². The first-order chi connectivity index (χ1) is 10.7. The monoisotopic (exact) mass is 317 g/mol. The Bertz CT molecular complexity index is 824. The van der Waals surface area contributed by atoms with E-state index >= 15 is 0 Å². The summed E-state index contributed by atoms with van der Waals surface area (Å²) in [4.78, 5) is 1.08. The summed E-state index contributed by atoms with van der Waals surface area (Å²) in [5.41, 5.74) is 3.67. The molecule has 0 radical (unpaired) electrons. The molecule has 1 N–H and O–H groups in total. The van der Waals surface area contributed by atoms with Crippen molar-refractivity contribution in [3.63, 3.8) is 0 Å². The van der Waals surface area contributed by atoms with Crippen molar-refractivity contribution < 1.29 is 8.78 Å². The van der Waals surface area contributed by atoms with Gasteiger partial charge < -0.3 is 5.32 Å². The fraction of sp³-hybridized carbons (Fsp3) is 0.188. The zero-order valence-corrected chi connectivity index (χ0v) is 12.5. The van der Waals surface area contributed by atoms with Gasteiger partial charge >= 0.3 is 0 Å². The number of thiophene rings is 1. The normalized spacial score (nSPS) is 14.1. The number of benzene rings is 1. The van der Waals surface area contributed by atoms with Crippen LogP contribution < -0.4 is 5.32 Å². The Hall–Kier alpha value is -2.05. The predicted octanol–water partition coefficient (Wildman–Crippen LogP) is 3.52. The average molecular weight is 317 g/mol. The van der Waals surface area contributed by atoms with Crippen LogP contribution in [-0.2, 0) is 13.0 Å². The van der Waals surface area contributed by atoms with Crippen LogP contribution in [0.1, 0.15) is 11.3 Å². The fourth-order valence-corrected chi connectivity index (χ4v) is 3.53. The molecule has 1 aliphatic heterocycles. The van der Waals surface area contributed by atoms with Crippen molar-refractivity contribution in [2.24, 2.45) is 0 Å². The summed E-state index contributed by atoms with van der Waals surface area (Å²) in [7, 11) is 0. The summed E-state index contributed by atoms with van der Waals surface area (Å²) < 4.78 is 28.5. The maximum Gasteiger partial charge on any atom is 0.160 e. The molecule has 0 spiro atoms. The number of fused-ring (bicyclic) bond motifs is 1. The van der Waals surface area contributed by atoms with E-state index in [0.29, 0.717) is 5.69 Å². The van der Waals surface area contributed by atoms with Crippen LogP contribution in [0, 0.1) is 11.6 Å². The van der Waals surface area contributed by atoms with Gasteiger partial charge in [0.2, 0.25) is 0 Å². The van der Waals surface area contributed by atoms with E-state index in [4.69, 9.17) is 0 Å². The molecular weight excluding hydrogens is 304 g/mol. The quantitative estimate of drug-likeness (QED) is 0.784. The molecule has 0 atom stereocenters. The molecule has 1 aromatic carbocycles. The lowest BCUT2D eigenvalue weighted by Gasteiger charge is -2.15. The Morgan fingerprint density at radius 2 is 2.09 bits per heavy atom. The van der Waals surface area contributed by atoms with E-state index in [0.717, 1.165) is 47.4 Å². The molecule has 22 heavy (non-hydrogen) atoms. The molecule has 0 fully saturated rings. The first kappa shape index (κ1) is 13.6. The molecule has 3 nitrogen and oxygen atoms in total. The van der Waals surface area contributed by atoms with Crippen LogP contribution in [0.3, 0.4) is 0 Å². The third kappa shape index (κ3) is 2.15. The van der Waals surface area contributed by atoms with E-state index in [-0.39, 0.29) is 0 Å². The number of aromatic nitrogens is 2. The molecule has 2 aromatic heterocycles. The van der Waals surface area contributed by atoms with Crippen molar-refractivity contribution in [3.8, 4) is 16.3 Å². The highest BCUT2D eigenvalue weighted by Gasteiger charge is 2.23. The number of nitrogens with one attached hydrogen (secondary N) is 1. The minimum absolute atomic E-state index is 0.555. The lowest BCUT2D eigenvalue weighted by atomic mass is 10.1. The minimum Gasteiger partial charge on any atom is -0.312 e. The standard InChI is InChI=1S/C16H13F2N3S/c17-12-4-3-10(8-13(12)18)21-14-5-6-19-9-11(14)16(20-21)15-2-1-7-22-15/h1-4,7-8,19H,5-6,9H2. The van der Waals surface area contributed by atoms with Gasteiger partial charge in [0.1, 0.15) is 5.69 Å². The first-order valence-electron chi connectivity index (χ1n) is 7.05. The van der Waals surface area contributed by atoms with Gasteiger partial charge in [-0.15, -0.1) is 11.3 Å². The van der Waals surface area contributed by atoms with Gasteiger partial charge in [0.05, 0.1) is 16.3 Å². The molecule has 0 amide bonds. The van der Waals surface area contributed by atoms with Gasteiger partial charge in [-0.1, -0.05) is 6.07 Å². The molecular formula is C16H13F2N3S. The molecule has 1 aliphatic rings. The second-order valence-corrected chi connectivity index (χ2v) is 6.14. The number of hydrogen-bond donors (Lipinski definition) is 1. The van der Waals surface area contributed by atoms with Crippen LogP contribution in [0.5, 0.6) is 0 Å². The van der Waals surface area contributed by atoms with Crippen molar-refractivity contribution in [1.29, 1.82) is 0 Å². The summed E-state index contributed by atoms with van der Waals surface area (Å²) in [6.07, 6.45) is 0.812.